The van der Waals surface area contributed by atoms with Gasteiger partial charge >= 0.3 is 0 Å². The van der Waals surface area contributed by atoms with Gasteiger partial charge in [0.1, 0.15) is 4.21 Å². The Morgan fingerprint density at radius 2 is 2.00 bits per heavy atom. The van der Waals surface area contributed by atoms with Gasteiger partial charge in [0, 0.05) is 17.6 Å². The molecule has 1 aromatic rings. The van der Waals surface area contributed by atoms with E-state index >= 15 is 0 Å². The normalized spacial score (nSPS) is 29.7. The number of morpholine rings is 1. The predicted octanol–water partition coefficient (Wildman–Crippen LogP) is 2.06. The van der Waals surface area contributed by atoms with Crippen molar-refractivity contribution in [2.24, 2.45) is 0 Å². The van der Waals surface area contributed by atoms with E-state index < -0.39 is 10.0 Å². The first-order valence-corrected chi connectivity index (χ1v) is 8.57. The first kappa shape index (κ1) is 12.1. The van der Waals surface area contributed by atoms with Crippen LogP contribution in [0.5, 0.6) is 0 Å². The maximum atomic E-state index is 12.4. The van der Waals surface area contributed by atoms with E-state index in [0.29, 0.717) is 21.8 Å². The summed E-state index contributed by atoms with van der Waals surface area (Å²) in [5.74, 6) is 0. The van der Waals surface area contributed by atoms with Crippen molar-refractivity contribution in [3.63, 3.8) is 0 Å². The highest BCUT2D eigenvalue weighted by molar-refractivity contribution is 9.10. The van der Waals surface area contributed by atoms with Gasteiger partial charge in [-0.15, -0.1) is 11.3 Å². The van der Waals surface area contributed by atoms with Gasteiger partial charge in [-0.3, -0.25) is 0 Å². The minimum atomic E-state index is -3.35. The number of ether oxygens (including phenoxy) is 1. The van der Waals surface area contributed by atoms with Crippen LogP contribution in [0.3, 0.4) is 0 Å². The molecular formula is C10H12BrNO3S2. The summed E-state index contributed by atoms with van der Waals surface area (Å²) in [7, 11) is -3.35. The quantitative estimate of drug-likeness (QED) is 0.829. The number of fused-ring (bicyclic) bond motifs is 2. The Hall–Kier alpha value is 0.0500. The molecule has 2 saturated heterocycles. The number of sulfonamides is 1. The van der Waals surface area contributed by atoms with Crippen LogP contribution in [0.15, 0.2) is 20.1 Å². The number of thiophene rings is 1. The second-order valence-electron chi connectivity index (χ2n) is 4.34. The average Bonchev–Trinajstić information content (AvgIpc) is 2.85. The predicted molar refractivity (Wildman–Crippen MR) is 68.7 cm³/mol. The minimum absolute atomic E-state index is 0.0854. The summed E-state index contributed by atoms with van der Waals surface area (Å²) in [6, 6.07) is 1.77. The van der Waals surface area contributed by atoms with Gasteiger partial charge in [0.05, 0.1) is 12.2 Å². The van der Waals surface area contributed by atoms with Gasteiger partial charge in [-0.05, 0) is 40.2 Å². The smallest absolute Gasteiger partial charge is 0.253 e. The zero-order valence-corrected chi connectivity index (χ0v) is 12.2. The fourth-order valence-corrected chi connectivity index (χ4v) is 6.31. The lowest BCUT2D eigenvalue weighted by atomic mass is 10.2. The summed E-state index contributed by atoms with van der Waals surface area (Å²) in [5.41, 5.74) is 0. The van der Waals surface area contributed by atoms with E-state index in [4.69, 9.17) is 4.74 Å². The number of halogens is 1. The minimum Gasteiger partial charge on any atom is -0.372 e. The molecule has 3 heterocycles. The van der Waals surface area contributed by atoms with E-state index in [9.17, 15) is 8.42 Å². The average molecular weight is 338 g/mol. The zero-order valence-electron chi connectivity index (χ0n) is 9.00. The summed E-state index contributed by atoms with van der Waals surface area (Å²) in [6.45, 7) is 0.979. The third-order valence-electron chi connectivity index (χ3n) is 3.17. The van der Waals surface area contributed by atoms with Gasteiger partial charge in [-0.2, -0.15) is 4.31 Å². The molecule has 0 spiro atoms. The third kappa shape index (κ3) is 2.08. The highest BCUT2D eigenvalue weighted by Crippen LogP contribution is 2.34. The fraction of sp³-hybridized carbons (Fsp3) is 0.600. The third-order valence-corrected chi connectivity index (χ3v) is 7.65. The number of hydrogen-bond acceptors (Lipinski definition) is 4. The molecule has 2 aliphatic rings. The van der Waals surface area contributed by atoms with Gasteiger partial charge in [-0.25, -0.2) is 8.42 Å². The van der Waals surface area contributed by atoms with Crippen LogP contribution in [0.4, 0.5) is 0 Å². The summed E-state index contributed by atoms with van der Waals surface area (Å²) in [4.78, 5) is 0. The van der Waals surface area contributed by atoms with E-state index in [2.05, 4.69) is 15.9 Å². The van der Waals surface area contributed by atoms with E-state index in [1.54, 1.807) is 15.8 Å². The molecule has 0 aromatic carbocycles. The van der Waals surface area contributed by atoms with Crippen molar-refractivity contribution in [2.75, 3.05) is 13.1 Å². The molecule has 0 radical (unpaired) electrons. The van der Waals surface area contributed by atoms with Crippen LogP contribution >= 0.6 is 27.3 Å². The van der Waals surface area contributed by atoms with Gasteiger partial charge in [0.25, 0.3) is 10.0 Å². The Morgan fingerprint density at radius 3 is 2.53 bits per heavy atom. The van der Waals surface area contributed by atoms with Gasteiger partial charge in [0.15, 0.2) is 0 Å². The monoisotopic (exact) mass is 337 g/mol. The van der Waals surface area contributed by atoms with Crippen LogP contribution in [-0.4, -0.2) is 38.0 Å². The van der Waals surface area contributed by atoms with Crippen molar-refractivity contribution in [1.82, 2.24) is 4.31 Å². The van der Waals surface area contributed by atoms with Crippen molar-refractivity contribution in [3.05, 3.63) is 15.9 Å². The molecule has 0 saturated carbocycles. The molecule has 17 heavy (non-hydrogen) atoms. The lowest BCUT2D eigenvalue weighted by molar-refractivity contribution is -0.0114. The molecule has 2 aliphatic heterocycles. The molecule has 3 rings (SSSR count). The van der Waals surface area contributed by atoms with Crippen LogP contribution < -0.4 is 0 Å². The van der Waals surface area contributed by atoms with Crippen molar-refractivity contribution >= 4 is 37.3 Å². The van der Waals surface area contributed by atoms with Crippen molar-refractivity contribution in [3.8, 4) is 0 Å². The second-order valence-corrected chi connectivity index (χ2v) is 8.24. The number of nitrogens with zero attached hydrogens (tertiary/aromatic N) is 1. The molecule has 0 N–H and O–H groups in total. The number of hydrogen-bond donors (Lipinski definition) is 0. The zero-order chi connectivity index (χ0) is 12.0. The van der Waals surface area contributed by atoms with E-state index in [1.165, 1.54) is 11.3 Å². The highest BCUT2D eigenvalue weighted by atomic mass is 79.9. The van der Waals surface area contributed by atoms with Gasteiger partial charge < -0.3 is 4.74 Å². The molecule has 94 valence electrons. The molecule has 2 fully saturated rings. The van der Waals surface area contributed by atoms with Gasteiger partial charge in [-0.1, -0.05) is 0 Å². The second kappa shape index (κ2) is 4.31. The topological polar surface area (TPSA) is 46.6 Å². The molecule has 4 nitrogen and oxygen atoms in total. The Bertz CT molecular complexity index is 515. The summed E-state index contributed by atoms with van der Waals surface area (Å²) < 4.78 is 33.2. The maximum absolute atomic E-state index is 12.4. The fourth-order valence-electron chi connectivity index (χ4n) is 2.35. The van der Waals surface area contributed by atoms with Crippen LogP contribution in [0.2, 0.25) is 0 Å². The SMILES string of the molecule is O=S(=O)(c1sccc1Br)N1CC2CCC(C1)O2. The molecule has 0 amide bonds. The molecule has 0 aliphatic carbocycles. The Kier molecular flexibility index (Phi) is 3.07. The van der Waals surface area contributed by atoms with Gasteiger partial charge in [0.2, 0.25) is 0 Å². The van der Waals surface area contributed by atoms with Crippen LogP contribution in [0, 0.1) is 0 Å². The van der Waals surface area contributed by atoms with Crippen LogP contribution in [0.25, 0.3) is 0 Å². The van der Waals surface area contributed by atoms with E-state index in [0.717, 1.165) is 12.8 Å². The summed E-state index contributed by atoms with van der Waals surface area (Å²) in [6.07, 6.45) is 2.12. The molecule has 2 bridgehead atoms. The first-order chi connectivity index (χ1) is 8.07. The Balaban J connectivity index is 1.91. The lowest BCUT2D eigenvalue weighted by Gasteiger charge is -2.30. The molecule has 2 unspecified atom stereocenters. The van der Waals surface area contributed by atoms with E-state index in [-0.39, 0.29) is 12.2 Å². The highest BCUT2D eigenvalue weighted by Gasteiger charge is 2.40. The van der Waals surface area contributed by atoms with Crippen molar-refractivity contribution in [1.29, 1.82) is 0 Å². The summed E-state index contributed by atoms with van der Waals surface area (Å²) in [5, 5.41) is 1.78. The molecule has 7 heteroatoms. The summed E-state index contributed by atoms with van der Waals surface area (Å²) >= 11 is 4.54. The lowest BCUT2D eigenvalue weighted by Crippen LogP contribution is -2.45. The van der Waals surface area contributed by atoms with Crippen molar-refractivity contribution < 1.29 is 13.2 Å². The molecular weight excluding hydrogens is 326 g/mol. The maximum Gasteiger partial charge on any atom is 0.253 e. The molecule has 1 aromatic heterocycles. The van der Waals surface area contributed by atoms with Crippen molar-refractivity contribution in [2.45, 2.75) is 29.3 Å². The van der Waals surface area contributed by atoms with Crippen LogP contribution in [-0.2, 0) is 14.8 Å². The Morgan fingerprint density at radius 1 is 1.35 bits per heavy atom. The Labute approximate surface area is 113 Å². The number of rotatable bonds is 2. The largest absolute Gasteiger partial charge is 0.372 e. The molecule has 2 atom stereocenters. The standard InChI is InChI=1S/C10H12BrNO3S2/c11-9-3-4-16-10(9)17(13,14)12-5-7-1-2-8(6-12)15-7/h3-4,7-8H,1-2,5-6H2. The van der Waals surface area contributed by atoms with E-state index in [1.807, 2.05) is 0 Å². The first-order valence-electron chi connectivity index (χ1n) is 5.46. The van der Waals surface area contributed by atoms with Crippen LogP contribution in [0.1, 0.15) is 12.8 Å².